The van der Waals surface area contributed by atoms with Crippen molar-refractivity contribution in [2.45, 2.75) is 13.5 Å². The van der Waals surface area contributed by atoms with Crippen LogP contribution in [0.5, 0.6) is 0 Å². The minimum atomic E-state index is 0.715. The zero-order chi connectivity index (χ0) is 13.1. The molecular weight excluding hydrogens is 292 g/mol. The number of rotatable bonds is 4. The average molecular weight is 309 g/mol. The summed E-state index contributed by atoms with van der Waals surface area (Å²) < 4.78 is 1.06. The quantitative estimate of drug-likeness (QED) is 0.912. The van der Waals surface area contributed by atoms with Gasteiger partial charge in [0.05, 0.1) is 29.9 Å². The molecule has 0 unspecified atom stereocenters. The second-order valence-corrected chi connectivity index (χ2v) is 5.30. The van der Waals surface area contributed by atoms with Crippen molar-refractivity contribution in [3.8, 4) is 0 Å². The first-order chi connectivity index (χ1) is 8.58. The summed E-state index contributed by atoms with van der Waals surface area (Å²) >= 11 is 3.50. The Morgan fingerprint density at radius 1 is 1.39 bits per heavy atom. The van der Waals surface area contributed by atoms with E-state index >= 15 is 0 Å². The van der Waals surface area contributed by atoms with Gasteiger partial charge in [0.15, 0.2) is 0 Å². The minimum Gasteiger partial charge on any atom is -0.378 e. The van der Waals surface area contributed by atoms with Crippen LogP contribution in [-0.4, -0.2) is 24.1 Å². The van der Waals surface area contributed by atoms with Gasteiger partial charge >= 0.3 is 0 Å². The lowest BCUT2D eigenvalue weighted by molar-refractivity contribution is 1.04. The van der Waals surface area contributed by atoms with Gasteiger partial charge in [0.25, 0.3) is 0 Å². The van der Waals surface area contributed by atoms with E-state index in [9.17, 15) is 0 Å². The fourth-order valence-corrected chi connectivity index (χ4v) is 2.15. The van der Waals surface area contributed by atoms with Gasteiger partial charge < -0.3 is 15.2 Å². The van der Waals surface area contributed by atoms with E-state index in [1.165, 1.54) is 0 Å². The normalized spacial score (nSPS) is 10.4. The maximum absolute atomic E-state index is 4.28. The molecule has 18 heavy (non-hydrogen) atoms. The Morgan fingerprint density at radius 3 is 2.78 bits per heavy atom. The average Bonchev–Trinajstić information content (AvgIpc) is 2.72. The second-order valence-electron chi connectivity index (χ2n) is 4.38. The van der Waals surface area contributed by atoms with Crippen molar-refractivity contribution in [2.24, 2.45) is 0 Å². The summed E-state index contributed by atoms with van der Waals surface area (Å²) in [6, 6.07) is 6.21. The Balaban J connectivity index is 2.18. The lowest BCUT2D eigenvalue weighted by Crippen LogP contribution is -2.12. The molecule has 0 radical (unpaired) electrons. The molecule has 0 saturated carbocycles. The van der Waals surface area contributed by atoms with Crippen molar-refractivity contribution >= 4 is 27.3 Å². The number of imidazole rings is 1. The highest BCUT2D eigenvalue weighted by Crippen LogP contribution is 2.28. The molecule has 0 aliphatic carbocycles. The van der Waals surface area contributed by atoms with E-state index < -0.39 is 0 Å². The number of halogens is 1. The number of aromatic amines is 1. The molecule has 1 heterocycles. The Morgan fingerprint density at radius 2 is 2.17 bits per heavy atom. The first-order valence-electron chi connectivity index (χ1n) is 5.77. The van der Waals surface area contributed by atoms with Gasteiger partial charge in [-0.2, -0.15) is 0 Å². The molecule has 0 bridgehead atoms. The predicted octanol–water partition coefficient (Wildman–Crippen LogP) is 3.16. The van der Waals surface area contributed by atoms with Crippen molar-refractivity contribution in [3.63, 3.8) is 0 Å². The summed E-state index contributed by atoms with van der Waals surface area (Å²) in [6.07, 6.45) is 1.72. The van der Waals surface area contributed by atoms with Crippen molar-refractivity contribution in [3.05, 3.63) is 40.4 Å². The van der Waals surface area contributed by atoms with Gasteiger partial charge in [0, 0.05) is 24.3 Å². The van der Waals surface area contributed by atoms with Crippen LogP contribution in [0.1, 0.15) is 11.4 Å². The number of hydrogen-bond acceptors (Lipinski definition) is 3. The molecule has 0 saturated heterocycles. The maximum Gasteiger partial charge on any atom is 0.0925 e. The largest absolute Gasteiger partial charge is 0.378 e. The number of aryl methyl sites for hydroxylation is 1. The Hall–Kier alpha value is -1.49. The van der Waals surface area contributed by atoms with Crippen LogP contribution < -0.4 is 10.2 Å². The summed E-state index contributed by atoms with van der Waals surface area (Å²) in [7, 11) is 4.07. The molecule has 0 aliphatic rings. The molecule has 4 nitrogen and oxygen atoms in total. The van der Waals surface area contributed by atoms with E-state index in [1.807, 2.05) is 27.1 Å². The van der Waals surface area contributed by atoms with E-state index in [0.717, 1.165) is 27.2 Å². The first-order valence-corrected chi connectivity index (χ1v) is 6.57. The number of nitrogens with one attached hydrogen (secondary N) is 2. The van der Waals surface area contributed by atoms with E-state index in [4.69, 9.17) is 0 Å². The Labute approximate surface area is 116 Å². The van der Waals surface area contributed by atoms with Gasteiger partial charge in [0.2, 0.25) is 0 Å². The molecule has 2 aromatic rings. The number of H-pyrrole nitrogens is 1. The smallest absolute Gasteiger partial charge is 0.0925 e. The summed E-state index contributed by atoms with van der Waals surface area (Å²) in [5.41, 5.74) is 4.40. The molecular formula is C13H17BrN4. The molecule has 0 spiro atoms. The van der Waals surface area contributed by atoms with Crippen LogP contribution in [0.2, 0.25) is 0 Å². The molecule has 2 rings (SSSR count). The number of anilines is 2. The van der Waals surface area contributed by atoms with E-state index in [2.05, 4.69) is 48.2 Å². The molecule has 1 aromatic heterocycles. The second kappa shape index (κ2) is 5.44. The molecule has 0 amide bonds. The fraction of sp³-hybridized carbons (Fsp3) is 0.308. The van der Waals surface area contributed by atoms with Crippen LogP contribution in [0.3, 0.4) is 0 Å². The van der Waals surface area contributed by atoms with Crippen LogP contribution in [0.15, 0.2) is 29.0 Å². The van der Waals surface area contributed by atoms with Crippen LogP contribution >= 0.6 is 15.9 Å². The van der Waals surface area contributed by atoms with Gasteiger partial charge in [-0.15, -0.1) is 0 Å². The lowest BCUT2D eigenvalue weighted by Gasteiger charge is -2.18. The number of hydrogen-bond donors (Lipinski definition) is 2. The van der Waals surface area contributed by atoms with Crippen molar-refractivity contribution < 1.29 is 0 Å². The third-order valence-corrected chi connectivity index (χ3v) is 3.31. The zero-order valence-electron chi connectivity index (χ0n) is 10.8. The third kappa shape index (κ3) is 2.85. The van der Waals surface area contributed by atoms with Crippen LogP contribution in [0.4, 0.5) is 11.4 Å². The van der Waals surface area contributed by atoms with Gasteiger partial charge in [-0.05, 0) is 25.1 Å². The minimum absolute atomic E-state index is 0.715. The summed E-state index contributed by atoms with van der Waals surface area (Å²) in [4.78, 5) is 9.46. The predicted molar refractivity (Wildman–Crippen MR) is 79.1 cm³/mol. The number of nitrogens with zero attached hydrogens (tertiary/aromatic N) is 2. The van der Waals surface area contributed by atoms with Crippen LogP contribution in [-0.2, 0) is 6.54 Å². The highest BCUT2D eigenvalue weighted by molar-refractivity contribution is 9.10. The number of aromatic nitrogens is 2. The zero-order valence-corrected chi connectivity index (χ0v) is 12.4. The lowest BCUT2D eigenvalue weighted by atomic mass is 10.2. The standard InChI is InChI=1S/C13H17BrN4/c1-9-12(17-8-16-9)7-15-11-6-10(14)4-5-13(11)18(2)3/h4-6,8,15H,7H2,1-3H3,(H,16,17). The maximum atomic E-state index is 4.28. The van der Waals surface area contributed by atoms with Gasteiger partial charge in [-0.3, -0.25) is 0 Å². The van der Waals surface area contributed by atoms with E-state index in [-0.39, 0.29) is 0 Å². The summed E-state index contributed by atoms with van der Waals surface area (Å²) in [5, 5.41) is 3.42. The van der Waals surface area contributed by atoms with Crippen LogP contribution in [0, 0.1) is 6.92 Å². The molecule has 2 N–H and O–H groups in total. The van der Waals surface area contributed by atoms with Gasteiger partial charge in [-0.1, -0.05) is 15.9 Å². The van der Waals surface area contributed by atoms with Crippen molar-refractivity contribution in [1.82, 2.24) is 9.97 Å². The van der Waals surface area contributed by atoms with Gasteiger partial charge in [0.1, 0.15) is 0 Å². The van der Waals surface area contributed by atoms with E-state index in [1.54, 1.807) is 6.33 Å². The number of benzene rings is 1. The van der Waals surface area contributed by atoms with E-state index in [0.29, 0.717) is 6.54 Å². The van der Waals surface area contributed by atoms with Gasteiger partial charge in [-0.25, -0.2) is 4.98 Å². The summed E-state index contributed by atoms with van der Waals surface area (Å²) in [5.74, 6) is 0. The molecule has 1 aromatic carbocycles. The molecule has 0 atom stereocenters. The molecule has 0 aliphatic heterocycles. The third-order valence-electron chi connectivity index (χ3n) is 2.82. The Bertz CT molecular complexity index is 534. The SMILES string of the molecule is Cc1[nH]cnc1CNc1cc(Br)ccc1N(C)C. The highest BCUT2D eigenvalue weighted by atomic mass is 79.9. The summed E-state index contributed by atoms with van der Waals surface area (Å²) in [6.45, 7) is 2.74. The monoisotopic (exact) mass is 308 g/mol. The highest BCUT2D eigenvalue weighted by Gasteiger charge is 2.06. The fourth-order valence-electron chi connectivity index (χ4n) is 1.78. The molecule has 96 valence electrons. The van der Waals surface area contributed by atoms with Crippen molar-refractivity contribution in [2.75, 3.05) is 24.3 Å². The van der Waals surface area contributed by atoms with Crippen LogP contribution in [0.25, 0.3) is 0 Å². The topological polar surface area (TPSA) is 44.0 Å². The first kappa shape index (κ1) is 13.0. The Kier molecular flexibility index (Phi) is 3.91. The molecule has 0 fully saturated rings. The van der Waals surface area contributed by atoms with Crippen molar-refractivity contribution in [1.29, 1.82) is 0 Å². The molecule has 5 heteroatoms.